The van der Waals surface area contributed by atoms with Crippen molar-refractivity contribution in [1.29, 1.82) is 0 Å². The summed E-state index contributed by atoms with van der Waals surface area (Å²) in [5.74, 6) is 1.22. The number of aromatic nitrogens is 2. The molecule has 0 unspecified atom stereocenters. The Morgan fingerprint density at radius 1 is 1.35 bits per heavy atom. The number of carbonyl (C=O) groups excluding carboxylic acids is 1. The predicted molar refractivity (Wildman–Crippen MR) is 73.4 cm³/mol. The van der Waals surface area contributed by atoms with Crippen LogP contribution in [0.3, 0.4) is 0 Å². The standard InChI is InChI=1S/C15H16N2O3/c1-2-17-10-11(9-16-17)8-13(18)12-4-3-5-14-15(12)20-7-6-19-14/h3-5,9-10H,2,6-8H2,1H3. The second kappa shape index (κ2) is 5.36. The van der Waals surface area contributed by atoms with E-state index in [1.165, 1.54) is 0 Å². The van der Waals surface area contributed by atoms with Crippen LogP contribution < -0.4 is 9.47 Å². The van der Waals surface area contributed by atoms with Crippen LogP contribution in [0.2, 0.25) is 0 Å². The zero-order valence-corrected chi connectivity index (χ0v) is 11.3. The van der Waals surface area contributed by atoms with Crippen LogP contribution in [0.4, 0.5) is 0 Å². The van der Waals surface area contributed by atoms with Crippen molar-refractivity contribution < 1.29 is 14.3 Å². The van der Waals surface area contributed by atoms with Crippen molar-refractivity contribution in [1.82, 2.24) is 9.78 Å². The fourth-order valence-electron chi connectivity index (χ4n) is 2.24. The van der Waals surface area contributed by atoms with Gasteiger partial charge in [-0.1, -0.05) is 6.07 Å². The van der Waals surface area contributed by atoms with Crippen molar-refractivity contribution in [3.05, 3.63) is 41.7 Å². The first kappa shape index (κ1) is 12.7. The molecule has 0 bridgehead atoms. The summed E-state index contributed by atoms with van der Waals surface area (Å²) in [6.07, 6.45) is 3.94. The van der Waals surface area contributed by atoms with Crippen LogP contribution in [0, 0.1) is 0 Å². The average Bonchev–Trinajstić information content (AvgIpc) is 2.94. The van der Waals surface area contributed by atoms with Gasteiger partial charge in [-0.3, -0.25) is 9.48 Å². The number of ketones is 1. The molecular formula is C15H16N2O3. The number of rotatable bonds is 4. The van der Waals surface area contributed by atoms with Gasteiger partial charge in [-0.2, -0.15) is 5.10 Å². The molecule has 0 fully saturated rings. The molecule has 0 saturated carbocycles. The summed E-state index contributed by atoms with van der Waals surface area (Å²) >= 11 is 0. The van der Waals surface area contributed by atoms with Crippen molar-refractivity contribution >= 4 is 5.78 Å². The highest BCUT2D eigenvalue weighted by atomic mass is 16.6. The number of nitrogens with zero attached hydrogens (tertiary/aromatic N) is 2. The summed E-state index contributed by atoms with van der Waals surface area (Å²) < 4.78 is 12.9. The van der Waals surface area contributed by atoms with E-state index in [-0.39, 0.29) is 5.78 Å². The summed E-state index contributed by atoms with van der Waals surface area (Å²) in [6, 6.07) is 5.41. The van der Waals surface area contributed by atoms with Crippen LogP contribution in [0.25, 0.3) is 0 Å². The molecule has 0 amide bonds. The van der Waals surface area contributed by atoms with Crippen molar-refractivity contribution in [2.45, 2.75) is 19.9 Å². The number of aryl methyl sites for hydroxylation is 1. The van der Waals surface area contributed by atoms with Crippen LogP contribution in [0.5, 0.6) is 11.5 Å². The smallest absolute Gasteiger partial charge is 0.172 e. The molecule has 20 heavy (non-hydrogen) atoms. The molecule has 5 nitrogen and oxygen atoms in total. The Bertz CT molecular complexity index is 634. The molecule has 1 aromatic carbocycles. The van der Waals surface area contributed by atoms with Crippen molar-refractivity contribution in [3.63, 3.8) is 0 Å². The largest absolute Gasteiger partial charge is 0.486 e. The molecule has 2 heterocycles. The minimum absolute atomic E-state index is 0.0167. The van der Waals surface area contributed by atoms with Gasteiger partial charge in [0.15, 0.2) is 17.3 Å². The molecule has 1 aliphatic heterocycles. The molecule has 1 aliphatic rings. The van der Waals surface area contributed by atoms with E-state index in [1.54, 1.807) is 12.3 Å². The fraction of sp³-hybridized carbons (Fsp3) is 0.333. The zero-order valence-electron chi connectivity index (χ0n) is 11.3. The van der Waals surface area contributed by atoms with Gasteiger partial charge in [0.05, 0.1) is 11.8 Å². The zero-order chi connectivity index (χ0) is 13.9. The van der Waals surface area contributed by atoms with Gasteiger partial charge < -0.3 is 9.47 Å². The Morgan fingerprint density at radius 3 is 3.00 bits per heavy atom. The lowest BCUT2D eigenvalue weighted by atomic mass is 10.0. The summed E-state index contributed by atoms with van der Waals surface area (Å²) in [6.45, 7) is 3.81. The second-order valence-corrected chi connectivity index (χ2v) is 4.63. The van der Waals surface area contributed by atoms with Gasteiger partial charge in [0, 0.05) is 19.2 Å². The second-order valence-electron chi connectivity index (χ2n) is 4.63. The van der Waals surface area contributed by atoms with Gasteiger partial charge in [0.2, 0.25) is 0 Å². The lowest BCUT2D eigenvalue weighted by molar-refractivity contribution is 0.0981. The molecular weight excluding hydrogens is 256 g/mol. The maximum absolute atomic E-state index is 12.4. The number of hydrogen-bond donors (Lipinski definition) is 0. The molecule has 0 aliphatic carbocycles. The Labute approximate surface area is 117 Å². The number of para-hydroxylation sites is 1. The topological polar surface area (TPSA) is 53.4 Å². The molecule has 0 atom stereocenters. The lowest BCUT2D eigenvalue weighted by Gasteiger charge is -2.20. The summed E-state index contributed by atoms with van der Waals surface area (Å²) in [4.78, 5) is 12.4. The van der Waals surface area contributed by atoms with E-state index < -0.39 is 0 Å². The quantitative estimate of drug-likeness (QED) is 0.800. The molecule has 104 valence electrons. The monoisotopic (exact) mass is 272 g/mol. The average molecular weight is 272 g/mol. The van der Waals surface area contributed by atoms with Gasteiger partial charge >= 0.3 is 0 Å². The number of benzene rings is 1. The summed E-state index contributed by atoms with van der Waals surface area (Å²) in [5.41, 5.74) is 1.48. The third-order valence-electron chi connectivity index (χ3n) is 3.24. The highest BCUT2D eigenvalue weighted by Gasteiger charge is 2.20. The van der Waals surface area contributed by atoms with Crippen LogP contribution in [-0.4, -0.2) is 28.8 Å². The van der Waals surface area contributed by atoms with E-state index >= 15 is 0 Å². The molecule has 0 spiro atoms. The SMILES string of the molecule is CCn1cc(CC(=O)c2cccc3c2OCCO3)cn1. The predicted octanol–water partition coefficient (Wildman–Crippen LogP) is 2.10. The number of Topliss-reactive ketones (excluding diaryl/α,β-unsaturated/α-hetero) is 1. The number of ether oxygens (including phenoxy) is 2. The van der Waals surface area contributed by atoms with E-state index in [2.05, 4.69) is 5.10 Å². The van der Waals surface area contributed by atoms with Gasteiger partial charge in [-0.05, 0) is 24.6 Å². The van der Waals surface area contributed by atoms with Gasteiger partial charge in [-0.25, -0.2) is 0 Å². The van der Waals surface area contributed by atoms with Gasteiger partial charge in [-0.15, -0.1) is 0 Å². The molecule has 1 aromatic heterocycles. The molecule has 3 rings (SSSR count). The molecule has 5 heteroatoms. The first-order valence-corrected chi connectivity index (χ1v) is 6.71. The van der Waals surface area contributed by atoms with E-state index in [0.29, 0.717) is 36.7 Å². The van der Waals surface area contributed by atoms with Crippen LogP contribution >= 0.6 is 0 Å². The van der Waals surface area contributed by atoms with E-state index in [0.717, 1.165) is 12.1 Å². The third kappa shape index (κ3) is 2.39. The minimum Gasteiger partial charge on any atom is -0.486 e. The molecule has 0 saturated heterocycles. The van der Waals surface area contributed by atoms with E-state index in [4.69, 9.17) is 9.47 Å². The fourth-order valence-corrected chi connectivity index (χ4v) is 2.24. The summed E-state index contributed by atoms with van der Waals surface area (Å²) in [5, 5.41) is 4.18. The maximum Gasteiger partial charge on any atom is 0.172 e. The highest BCUT2D eigenvalue weighted by Crippen LogP contribution is 2.34. The van der Waals surface area contributed by atoms with Gasteiger partial charge in [0.25, 0.3) is 0 Å². The third-order valence-corrected chi connectivity index (χ3v) is 3.24. The van der Waals surface area contributed by atoms with Crippen LogP contribution in [0.1, 0.15) is 22.8 Å². The number of fused-ring (bicyclic) bond motifs is 1. The first-order valence-electron chi connectivity index (χ1n) is 6.71. The normalized spacial score (nSPS) is 13.2. The number of carbonyl (C=O) groups is 1. The van der Waals surface area contributed by atoms with Crippen molar-refractivity contribution in [3.8, 4) is 11.5 Å². The van der Waals surface area contributed by atoms with Gasteiger partial charge in [0.1, 0.15) is 13.2 Å². The summed E-state index contributed by atoms with van der Waals surface area (Å²) in [7, 11) is 0. The van der Waals surface area contributed by atoms with Crippen LogP contribution in [0.15, 0.2) is 30.6 Å². The highest BCUT2D eigenvalue weighted by molar-refractivity contribution is 6.00. The lowest BCUT2D eigenvalue weighted by Crippen LogP contribution is -2.18. The van der Waals surface area contributed by atoms with Crippen molar-refractivity contribution in [2.75, 3.05) is 13.2 Å². The van der Waals surface area contributed by atoms with E-state index in [1.807, 2.05) is 29.9 Å². The van der Waals surface area contributed by atoms with Crippen LogP contribution in [-0.2, 0) is 13.0 Å². The molecule has 0 N–H and O–H groups in total. The Morgan fingerprint density at radius 2 is 2.20 bits per heavy atom. The Balaban J connectivity index is 1.83. The first-order chi connectivity index (χ1) is 9.78. The van der Waals surface area contributed by atoms with E-state index in [9.17, 15) is 4.79 Å². The number of hydrogen-bond acceptors (Lipinski definition) is 4. The maximum atomic E-state index is 12.4. The molecule has 0 radical (unpaired) electrons. The Kier molecular flexibility index (Phi) is 3.41. The molecule has 2 aromatic rings. The Hall–Kier alpha value is -2.30. The van der Waals surface area contributed by atoms with Crippen molar-refractivity contribution in [2.24, 2.45) is 0 Å². The minimum atomic E-state index is 0.0167.